The van der Waals surface area contributed by atoms with Crippen molar-refractivity contribution in [3.63, 3.8) is 0 Å². The number of amides is 1. The highest BCUT2D eigenvalue weighted by Crippen LogP contribution is 2.16. The Bertz CT molecular complexity index is 392. The minimum atomic E-state index is 0.0106. The predicted octanol–water partition coefficient (Wildman–Crippen LogP) is 0.792. The van der Waals surface area contributed by atoms with Crippen LogP contribution >= 0.6 is 0 Å². The zero-order valence-electron chi connectivity index (χ0n) is 9.22. The average Bonchev–Trinajstić information content (AvgIpc) is 2.25. The maximum absolute atomic E-state index is 11.4. The van der Waals surface area contributed by atoms with Crippen LogP contribution in [0.25, 0.3) is 0 Å². The van der Waals surface area contributed by atoms with Gasteiger partial charge in [0.25, 0.3) is 0 Å². The largest absolute Gasteiger partial charge is 0.508 e. The van der Waals surface area contributed by atoms with E-state index in [0.29, 0.717) is 13.0 Å². The number of phenols is 1. The van der Waals surface area contributed by atoms with Gasteiger partial charge in [-0.2, -0.15) is 0 Å². The molecular weight excluding hydrogens is 206 g/mol. The number of hydrogen-bond donors (Lipinski definition) is 1. The van der Waals surface area contributed by atoms with Crippen molar-refractivity contribution in [2.24, 2.45) is 0 Å². The molecule has 16 heavy (non-hydrogen) atoms. The maximum Gasteiger partial charge on any atom is 0.248 e. The van der Waals surface area contributed by atoms with Crippen LogP contribution in [0.15, 0.2) is 24.3 Å². The van der Waals surface area contributed by atoms with Crippen LogP contribution in [-0.4, -0.2) is 42.2 Å². The number of nitrogens with zero attached hydrogens (tertiary/aromatic N) is 1. The van der Waals surface area contributed by atoms with Crippen molar-refractivity contribution in [1.29, 1.82) is 0 Å². The van der Waals surface area contributed by atoms with Gasteiger partial charge in [-0.15, -0.1) is 0 Å². The van der Waals surface area contributed by atoms with E-state index in [0.717, 1.165) is 5.56 Å². The molecule has 2 rings (SSSR count). The van der Waals surface area contributed by atoms with E-state index in [1.807, 2.05) is 6.07 Å². The summed E-state index contributed by atoms with van der Waals surface area (Å²) in [5, 5.41) is 9.35. The molecule has 0 spiro atoms. The zero-order valence-corrected chi connectivity index (χ0v) is 9.22. The molecule has 86 valence electrons. The van der Waals surface area contributed by atoms with Gasteiger partial charge in [0.05, 0.1) is 12.6 Å². The molecule has 1 saturated heterocycles. The van der Waals surface area contributed by atoms with Gasteiger partial charge in [0, 0.05) is 7.05 Å². The summed E-state index contributed by atoms with van der Waals surface area (Å²) in [6.07, 6.45) is 0.705. The Balaban J connectivity index is 2.06. The summed E-state index contributed by atoms with van der Waals surface area (Å²) in [4.78, 5) is 13.1. The number of hydrogen-bond acceptors (Lipinski definition) is 3. The maximum atomic E-state index is 11.4. The first-order chi connectivity index (χ1) is 7.66. The number of carbonyl (C=O) groups is 1. The van der Waals surface area contributed by atoms with Crippen molar-refractivity contribution in [2.45, 2.75) is 12.5 Å². The van der Waals surface area contributed by atoms with E-state index in [4.69, 9.17) is 4.74 Å². The first kappa shape index (κ1) is 11.0. The van der Waals surface area contributed by atoms with Crippen molar-refractivity contribution in [3.8, 4) is 5.75 Å². The SMILES string of the molecule is CN1C(=O)COCC1Cc1cccc(O)c1. The Labute approximate surface area is 94.4 Å². The van der Waals surface area contributed by atoms with Gasteiger partial charge in [-0.25, -0.2) is 0 Å². The molecular formula is C12H15NO3. The van der Waals surface area contributed by atoms with Crippen LogP contribution < -0.4 is 0 Å². The van der Waals surface area contributed by atoms with Crippen LogP contribution in [0, 0.1) is 0 Å². The Morgan fingerprint density at radius 2 is 2.38 bits per heavy atom. The smallest absolute Gasteiger partial charge is 0.248 e. The van der Waals surface area contributed by atoms with E-state index in [1.54, 1.807) is 30.1 Å². The van der Waals surface area contributed by atoms with Crippen LogP contribution in [0.1, 0.15) is 5.56 Å². The monoisotopic (exact) mass is 221 g/mol. The number of morpholine rings is 1. The number of likely N-dealkylation sites (N-methyl/N-ethyl adjacent to an activating group) is 1. The van der Waals surface area contributed by atoms with Gasteiger partial charge >= 0.3 is 0 Å². The molecule has 1 fully saturated rings. The molecule has 0 bridgehead atoms. The molecule has 1 aliphatic rings. The van der Waals surface area contributed by atoms with Crippen LogP contribution in [0.3, 0.4) is 0 Å². The highest BCUT2D eigenvalue weighted by molar-refractivity contribution is 5.78. The second kappa shape index (κ2) is 4.53. The lowest BCUT2D eigenvalue weighted by Gasteiger charge is -2.32. The third-order valence-corrected chi connectivity index (χ3v) is 2.86. The molecule has 4 heteroatoms. The highest BCUT2D eigenvalue weighted by Gasteiger charge is 2.25. The van der Waals surface area contributed by atoms with Gasteiger partial charge in [0.15, 0.2) is 0 Å². The predicted molar refractivity (Wildman–Crippen MR) is 59.2 cm³/mol. The van der Waals surface area contributed by atoms with Crippen molar-refractivity contribution in [2.75, 3.05) is 20.3 Å². The fourth-order valence-electron chi connectivity index (χ4n) is 1.85. The van der Waals surface area contributed by atoms with E-state index >= 15 is 0 Å². The molecule has 1 atom stereocenters. The zero-order chi connectivity index (χ0) is 11.5. The lowest BCUT2D eigenvalue weighted by Crippen LogP contribution is -2.47. The van der Waals surface area contributed by atoms with Gasteiger partial charge in [0.1, 0.15) is 12.4 Å². The van der Waals surface area contributed by atoms with Crippen LogP contribution in [0.5, 0.6) is 5.75 Å². The lowest BCUT2D eigenvalue weighted by atomic mass is 10.0. The van der Waals surface area contributed by atoms with E-state index < -0.39 is 0 Å². The number of rotatable bonds is 2. The van der Waals surface area contributed by atoms with E-state index in [9.17, 15) is 9.90 Å². The third-order valence-electron chi connectivity index (χ3n) is 2.86. The number of ether oxygens (including phenoxy) is 1. The summed E-state index contributed by atoms with van der Waals surface area (Å²) in [7, 11) is 1.79. The van der Waals surface area contributed by atoms with Crippen molar-refractivity contribution in [3.05, 3.63) is 29.8 Å². The molecule has 1 amide bonds. The topological polar surface area (TPSA) is 49.8 Å². The van der Waals surface area contributed by atoms with Gasteiger partial charge in [-0.3, -0.25) is 4.79 Å². The molecule has 1 unspecified atom stereocenters. The highest BCUT2D eigenvalue weighted by atomic mass is 16.5. The van der Waals surface area contributed by atoms with Crippen LogP contribution in [0.4, 0.5) is 0 Å². The molecule has 1 aromatic carbocycles. The van der Waals surface area contributed by atoms with E-state index in [2.05, 4.69) is 0 Å². The van der Waals surface area contributed by atoms with Crippen molar-refractivity contribution < 1.29 is 14.6 Å². The third kappa shape index (κ3) is 2.33. The molecule has 0 aromatic heterocycles. The standard InChI is InChI=1S/C12H15NO3/c1-13-10(7-16-8-12(13)15)5-9-3-2-4-11(14)6-9/h2-4,6,10,14H,5,7-8H2,1H3. The summed E-state index contributed by atoms with van der Waals surface area (Å²) in [6.45, 7) is 0.727. The van der Waals surface area contributed by atoms with E-state index in [1.165, 1.54) is 0 Å². The fourth-order valence-corrected chi connectivity index (χ4v) is 1.85. The number of aromatic hydroxyl groups is 1. The van der Waals surface area contributed by atoms with Gasteiger partial charge < -0.3 is 14.7 Å². The quantitative estimate of drug-likeness (QED) is 0.803. The Morgan fingerprint density at radius 1 is 1.56 bits per heavy atom. The second-order valence-corrected chi connectivity index (χ2v) is 4.05. The van der Waals surface area contributed by atoms with E-state index in [-0.39, 0.29) is 24.3 Å². The first-order valence-corrected chi connectivity index (χ1v) is 5.28. The summed E-state index contributed by atoms with van der Waals surface area (Å²) in [5.41, 5.74) is 1.01. The van der Waals surface area contributed by atoms with Gasteiger partial charge in [0.2, 0.25) is 5.91 Å². The molecule has 1 heterocycles. The minimum absolute atomic E-state index is 0.0106. The Hall–Kier alpha value is -1.55. The second-order valence-electron chi connectivity index (χ2n) is 4.05. The molecule has 0 aliphatic carbocycles. The molecule has 1 aliphatic heterocycles. The fraction of sp³-hybridized carbons (Fsp3) is 0.417. The average molecular weight is 221 g/mol. The Morgan fingerprint density at radius 3 is 3.12 bits per heavy atom. The lowest BCUT2D eigenvalue weighted by molar-refractivity contribution is -0.145. The summed E-state index contributed by atoms with van der Waals surface area (Å²) >= 11 is 0. The summed E-state index contributed by atoms with van der Waals surface area (Å²) in [6, 6.07) is 7.15. The van der Waals surface area contributed by atoms with Gasteiger partial charge in [-0.05, 0) is 24.1 Å². The number of benzene rings is 1. The first-order valence-electron chi connectivity index (χ1n) is 5.28. The molecule has 4 nitrogen and oxygen atoms in total. The summed E-state index contributed by atoms with van der Waals surface area (Å²) in [5.74, 6) is 0.264. The van der Waals surface area contributed by atoms with Crippen LogP contribution in [-0.2, 0) is 16.0 Å². The normalized spacial score (nSPS) is 21.2. The Kier molecular flexibility index (Phi) is 3.10. The van der Waals surface area contributed by atoms with Crippen LogP contribution in [0.2, 0.25) is 0 Å². The number of carbonyl (C=O) groups excluding carboxylic acids is 1. The molecule has 0 radical (unpaired) electrons. The minimum Gasteiger partial charge on any atom is -0.508 e. The number of phenolic OH excluding ortho intramolecular Hbond substituents is 1. The van der Waals surface area contributed by atoms with Gasteiger partial charge in [-0.1, -0.05) is 12.1 Å². The molecule has 1 N–H and O–H groups in total. The van der Waals surface area contributed by atoms with Crippen molar-refractivity contribution >= 4 is 5.91 Å². The molecule has 0 saturated carbocycles. The molecule has 1 aromatic rings. The summed E-state index contributed by atoms with van der Waals surface area (Å²) < 4.78 is 5.21. The van der Waals surface area contributed by atoms with Crippen molar-refractivity contribution in [1.82, 2.24) is 4.90 Å².